The number of nitrogens with zero attached hydrogens (tertiary/aromatic N) is 1. The van der Waals surface area contributed by atoms with Crippen molar-refractivity contribution in [2.24, 2.45) is 17.6 Å². The minimum absolute atomic E-state index is 0.183. The van der Waals surface area contributed by atoms with Gasteiger partial charge in [-0.05, 0) is 37.0 Å². The molecule has 1 heterocycles. The Morgan fingerprint density at radius 1 is 1.40 bits per heavy atom. The van der Waals surface area contributed by atoms with Crippen molar-refractivity contribution in [2.45, 2.75) is 25.5 Å². The molecular weight excluding hydrogens is 275 g/mol. The molecule has 0 spiro atoms. The van der Waals surface area contributed by atoms with Crippen molar-refractivity contribution in [3.8, 4) is 0 Å². The molecular formula is C15H19FN2OS. The summed E-state index contributed by atoms with van der Waals surface area (Å²) in [7, 11) is 0. The van der Waals surface area contributed by atoms with Crippen molar-refractivity contribution in [1.29, 1.82) is 0 Å². The van der Waals surface area contributed by atoms with Crippen LogP contribution in [0, 0.1) is 17.7 Å². The van der Waals surface area contributed by atoms with Crippen LogP contribution in [0.4, 0.5) is 4.39 Å². The lowest BCUT2D eigenvalue weighted by molar-refractivity contribution is 0.123. The zero-order valence-corrected chi connectivity index (χ0v) is 12.1. The van der Waals surface area contributed by atoms with Gasteiger partial charge in [-0.15, -0.1) is 0 Å². The average Bonchev–Trinajstić information content (AvgIpc) is 2.94. The van der Waals surface area contributed by atoms with Gasteiger partial charge in [-0.25, -0.2) is 4.39 Å². The number of hydrogen-bond donors (Lipinski definition) is 2. The van der Waals surface area contributed by atoms with Crippen LogP contribution in [0.5, 0.6) is 0 Å². The molecule has 1 saturated carbocycles. The van der Waals surface area contributed by atoms with Gasteiger partial charge in [-0.3, -0.25) is 4.90 Å². The van der Waals surface area contributed by atoms with Gasteiger partial charge in [0.05, 0.1) is 6.10 Å². The van der Waals surface area contributed by atoms with Crippen molar-refractivity contribution < 1.29 is 9.50 Å². The molecule has 1 aliphatic carbocycles. The van der Waals surface area contributed by atoms with Gasteiger partial charge in [-0.1, -0.05) is 12.2 Å². The lowest BCUT2D eigenvalue weighted by Gasteiger charge is -2.18. The highest BCUT2D eigenvalue weighted by atomic mass is 32.1. The van der Waals surface area contributed by atoms with Crippen molar-refractivity contribution in [2.75, 3.05) is 13.1 Å². The summed E-state index contributed by atoms with van der Waals surface area (Å²) >= 11 is 4.94. The van der Waals surface area contributed by atoms with Crippen LogP contribution >= 0.6 is 12.2 Å². The Labute approximate surface area is 123 Å². The maximum Gasteiger partial charge on any atom is 0.127 e. The number of aliphatic hydroxyl groups is 1. The van der Waals surface area contributed by atoms with Crippen LogP contribution < -0.4 is 5.73 Å². The number of rotatable bonds is 3. The minimum Gasteiger partial charge on any atom is -0.393 e. The van der Waals surface area contributed by atoms with Gasteiger partial charge >= 0.3 is 0 Å². The Kier molecular flexibility index (Phi) is 3.75. The molecule has 0 aromatic heterocycles. The maximum absolute atomic E-state index is 13.9. The smallest absolute Gasteiger partial charge is 0.127 e. The summed E-state index contributed by atoms with van der Waals surface area (Å²) in [6.45, 7) is 2.35. The third-order valence-electron chi connectivity index (χ3n) is 4.62. The predicted octanol–water partition coefficient (Wildman–Crippen LogP) is 1.66. The first-order valence-electron chi connectivity index (χ1n) is 7.03. The molecule has 20 heavy (non-hydrogen) atoms. The number of aliphatic hydroxyl groups excluding tert-OH is 1. The van der Waals surface area contributed by atoms with E-state index in [0.29, 0.717) is 34.5 Å². The van der Waals surface area contributed by atoms with E-state index < -0.39 is 0 Å². The normalized spacial score (nSPS) is 29.6. The molecule has 0 radical (unpaired) electrons. The summed E-state index contributed by atoms with van der Waals surface area (Å²) in [5.41, 5.74) is 6.93. The third-order valence-corrected chi connectivity index (χ3v) is 4.85. The lowest BCUT2D eigenvalue weighted by Crippen LogP contribution is -2.25. The summed E-state index contributed by atoms with van der Waals surface area (Å²) in [6, 6.07) is 4.78. The molecule has 1 aromatic rings. The van der Waals surface area contributed by atoms with Gasteiger partial charge in [-0.2, -0.15) is 0 Å². The number of halogens is 1. The van der Waals surface area contributed by atoms with Crippen LogP contribution in [-0.2, 0) is 6.54 Å². The van der Waals surface area contributed by atoms with E-state index in [4.69, 9.17) is 18.0 Å². The molecule has 3 atom stereocenters. The van der Waals surface area contributed by atoms with Crippen LogP contribution in [0.15, 0.2) is 18.2 Å². The molecule has 0 bridgehead atoms. The summed E-state index contributed by atoms with van der Waals surface area (Å²) in [6.07, 6.45) is 1.81. The van der Waals surface area contributed by atoms with Crippen LogP contribution in [0.1, 0.15) is 24.0 Å². The van der Waals surface area contributed by atoms with Crippen molar-refractivity contribution in [1.82, 2.24) is 4.90 Å². The number of thiocarbonyl (C=S) groups is 1. The molecule has 108 valence electrons. The van der Waals surface area contributed by atoms with Crippen molar-refractivity contribution in [3.05, 3.63) is 35.1 Å². The summed E-state index contributed by atoms with van der Waals surface area (Å²) in [5.74, 6) is 0.700. The zero-order chi connectivity index (χ0) is 14.3. The van der Waals surface area contributed by atoms with Gasteiger partial charge < -0.3 is 10.8 Å². The fraction of sp³-hybridized carbons (Fsp3) is 0.533. The minimum atomic E-state index is -0.220. The van der Waals surface area contributed by atoms with E-state index in [0.717, 1.165) is 25.9 Å². The van der Waals surface area contributed by atoms with Crippen molar-refractivity contribution in [3.63, 3.8) is 0 Å². The molecule has 1 aromatic carbocycles. The van der Waals surface area contributed by atoms with E-state index in [1.54, 1.807) is 12.1 Å². The molecule has 0 amide bonds. The standard InChI is InChI=1S/C15H19FN2OS/c16-13-3-1-9(15(17)20)5-11(13)7-18-6-10-2-4-14(19)12(10)8-18/h1,3,5,10,12,14,19H,2,4,6-8H2,(H2,17,20). The second-order valence-corrected chi connectivity index (χ2v) is 6.37. The largest absolute Gasteiger partial charge is 0.393 e. The number of fused-ring (bicyclic) bond motifs is 1. The van der Waals surface area contributed by atoms with Gasteiger partial charge in [0.25, 0.3) is 0 Å². The van der Waals surface area contributed by atoms with Crippen LogP contribution in [0.2, 0.25) is 0 Å². The van der Waals surface area contributed by atoms with Gasteiger partial charge in [0.2, 0.25) is 0 Å². The Bertz CT molecular complexity index is 537. The molecule has 1 aliphatic heterocycles. The Hall–Kier alpha value is -1.04. The van der Waals surface area contributed by atoms with E-state index in [1.807, 2.05) is 0 Å². The zero-order valence-electron chi connectivity index (χ0n) is 11.3. The first-order valence-corrected chi connectivity index (χ1v) is 7.44. The molecule has 1 saturated heterocycles. The van der Waals surface area contributed by atoms with E-state index in [9.17, 15) is 9.50 Å². The molecule has 3 N–H and O–H groups in total. The average molecular weight is 294 g/mol. The Morgan fingerprint density at radius 2 is 2.20 bits per heavy atom. The van der Waals surface area contributed by atoms with Crippen LogP contribution in [0.25, 0.3) is 0 Å². The van der Waals surface area contributed by atoms with Gasteiger partial charge in [0.1, 0.15) is 10.8 Å². The number of nitrogens with two attached hydrogens (primary N) is 1. The number of hydrogen-bond acceptors (Lipinski definition) is 3. The fourth-order valence-corrected chi connectivity index (χ4v) is 3.68. The first kappa shape index (κ1) is 13.9. The molecule has 5 heteroatoms. The van der Waals surface area contributed by atoms with E-state index in [2.05, 4.69) is 4.90 Å². The summed E-state index contributed by atoms with van der Waals surface area (Å²) in [4.78, 5) is 2.51. The summed E-state index contributed by atoms with van der Waals surface area (Å²) in [5, 5.41) is 9.92. The predicted molar refractivity (Wildman–Crippen MR) is 79.8 cm³/mol. The second-order valence-electron chi connectivity index (χ2n) is 5.93. The van der Waals surface area contributed by atoms with Crippen molar-refractivity contribution >= 4 is 17.2 Å². The number of likely N-dealkylation sites (tertiary alicyclic amines) is 1. The summed E-state index contributed by atoms with van der Waals surface area (Å²) < 4.78 is 13.9. The molecule has 3 unspecified atom stereocenters. The quantitative estimate of drug-likeness (QED) is 0.833. The van der Waals surface area contributed by atoms with Gasteiger partial charge in [0, 0.05) is 36.7 Å². The van der Waals surface area contributed by atoms with E-state index in [1.165, 1.54) is 6.07 Å². The maximum atomic E-state index is 13.9. The Morgan fingerprint density at radius 3 is 2.90 bits per heavy atom. The van der Waals surface area contributed by atoms with Crippen LogP contribution in [-0.4, -0.2) is 34.2 Å². The Balaban J connectivity index is 1.72. The van der Waals surface area contributed by atoms with E-state index in [-0.39, 0.29) is 11.9 Å². The first-order chi connectivity index (χ1) is 9.54. The highest BCUT2D eigenvalue weighted by molar-refractivity contribution is 7.80. The second kappa shape index (κ2) is 5.39. The monoisotopic (exact) mass is 294 g/mol. The molecule has 3 rings (SSSR count). The molecule has 2 aliphatic rings. The highest BCUT2D eigenvalue weighted by Gasteiger charge is 2.41. The highest BCUT2D eigenvalue weighted by Crippen LogP contribution is 2.38. The van der Waals surface area contributed by atoms with Crippen LogP contribution in [0.3, 0.4) is 0 Å². The SMILES string of the molecule is NC(=S)c1ccc(F)c(CN2CC3CCC(O)C3C2)c1. The topological polar surface area (TPSA) is 49.5 Å². The molecule has 3 nitrogen and oxygen atoms in total. The van der Waals surface area contributed by atoms with E-state index >= 15 is 0 Å². The fourth-order valence-electron chi connectivity index (χ4n) is 3.55. The lowest BCUT2D eigenvalue weighted by atomic mass is 10.00. The third kappa shape index (κ3) is 2.57. The number of benzene rings is 1. The molecule has 2 fully saturated rings. The van der Waals surface area contributed by atoms with Gasteiger partial charge in [0.15, 0.2) is 0 Å².